The molecule has 3 aromatic rings. The number of hydrogen-bond acceptors (Lipinski definition) is 2. The number of pyridine rings is 1. The van der Waals surface area contributed by atoms with Crippen molar-refractivity contribution in [3.05, 3.63) is 65.9 Å². The summed E-state index contributed by atoms with van der Waals surface area (Å²) in [5, 5.41) is 11.3. The Kier molecular flexibility index (Phi) is 3.79. The predicted molar refractivity (Wildman–Crippen MR) is 88.7 cm³/mol. The lowest BCUT2D eigenvalue weighted by atomic mass is 10.1. The maximum Gasteiger partial charge on any atom is 0.212 e. The van der Waals surface area contributed by atoms with Crippen molar-refractivity contribution in [3.63, 3.8) is 0 Å². The third-order valence-electron chi connectivity index (χ3n) is 3.80. The van der Waals surface area contributed by atoms with E-state index in [1.165, 1.54) is 10.9 Å². The van der Waals surface area contributed by atoms with Gasteiger partial charge in [0.2, 0.25) is 11.2 Å². The number of benzene rings is 2. The van der Waals surface area contributed by atoms with Crippen molar-refractivity contribution in [2.24, 2.45) is 7.05 Å². The minimum absolute atomic E-state index is 0.157. The van der Waals surface area contributed by atoms with Gasteiger partial charge in [-0.05, 0) is 24.3 Å². The average Bonchev–Trinajstić information content (AvgIpc) is 2.56. The molecule has 0 fully saturated rings. The number of aromatic hydroxyl groups is 1. The molecule has 0 saturated heterocycles. The minimum Gasteiger partial charge on any atom is -0.504 e. The van der Waals surface area contributed by atoms with Gasteiger partial charge in [0.25, 0.3) is 0 Å². The molecule has 0 spiro atoms. The van der Waals surface area contributed by atoms with E-state index in [-0.39, 0.29) is 5.75 Å². The summed E-state index contributed by atoms with van der Waals surface area (Å²) in [4.78, 5) is 0. The summed E-state index contributed by atoms with van der Waals surface area (Å²) < 4.78 is 7.26. The summed E-state index contributed by atoms with van der Waals surface area (Å²) in [5.41, 5.74) is 2.95. The third kappa shape index (κ3) is 2.53. The van der Waals surface area contributed by atoms with Crippen LogP contribution in [-0.2, 0) is 7.05 Å². The summed E-state index contributed by atoms with van der Waals surface area (Å²) in [5.74, 6) is 0.634. The molecule has 2 aromatic carbocycles. The Labute approximate surface area is 129 Å². The molecule has 1 N–H and O–H groups in total. The molecule has 3 heteroatoms. The van der Waals surface area contributed by atoms with Crippen molar-refractivity contribution in [3.8, 4) is 11.5 Å². The van der Waals surface area contributed by atoms with Crippen molar-refractivity contribution in [1.82, 2.24) is 0 Å². The van der Waals surface area contributed by atoms with Crippen LogP contribution in [0.25, 0.3) is 23.1 Å². The molecule has 0 atom stereocenters. The van der Waals surface area contributed by atoms with Crippen molar-refractivity contribution in [2.75, 3.05) is 7.11 Å². The van der Waals surface area contributed by atoms with Gasteiger partial charge >= 0.3 is 0 Å². The molecule has 3 rings (SSSR count). The number of para-hydroxylation sites is 2. The lowest BCUT2D eigenvalue weighted by Gasteiger charge is -2.05. The van der Waals surface area contributed by atoms with Gasteiger partial charge in [-0.3, -0.25) is 0 Å². The van der Waals surface area contributed by atoms with Crippen LogP contribution in [-0.4, -0.2) is 12.2 Å². The Morgan fingerprint density at radius 3 is 2.59 bits per heavy atom. The number of hydrogen-bond donors (Lipinski definition) is 1. The van der Waals surface area contributed by atoms with Crippen LogP contribution in [0.2, 0.25) is 0 Å². The van der Waals surface area contributed by atoms with Gasteiger partial charge in [-0.25, -0.2) is 0 Å². The van der Waals surface area contributed by atoms with Crippen LogP contribution < -0.4 is 9.30 Å². The van der Waals surface area contributed by atoms with Crippen molar-refractivity contribution in [2.45, 2.75) is 0 Å². The van der Waals surface area contributed by atoms with E-state index in [1.807, 2.05) is 43.5 Å². The van der Waals surface area contributed by atoms with Gasteiger partial charge in [-0.1, -0.05) is 24.3 Å². The second kappa shape index (κ2) is 5.90. The van der Waals surface area contributed by atoms with Crippen LogP contribution in [0, 0.1) is 0 Å². The summed E-state index contributed by atoms with van der Waals surface area (Å²) >= 11 is 0. The molecule has 22 heavy (non-hydrogen) atoms. The number of phenolic OH excluding ortho intramolecular Hbond substituents is 1. The van der Waals surface area contributed by atoms with Gasteiger partial charge in [0.05, 0.1) is 7.11 Å². The average molecular weight is 292 g/mol. The van der Waals surface area contributed by atoms with Crippen LogP contribution in [0.5, 0.6) is 11.5 Å². The summed E-state index contributed by atoms with van der Waals surface area (Å²) in [7, 11) is 3.58. The largest absolute Gasteiger partial charge is 0.504 e. The Balaban J connectivity index is 2.01. The number of aryl methyl sites for hydroxylation is 1. The number of ether oxygens (including phenoxy) is 1. The fourth-order valence-corrected chi connectivity index (χ4v) is 2.54. The van der Waals surface area contributed by atoms with Crippen LogP contribution in [0.4, 0.5) is 0 Å². The first-order valence-corrected chi connectivity index (χ1v) is 7.12. The molecule has 0 aliphatic carbocycles. The second-order valence-electron chi connectivity index (χ2n) is 5.11. The van der Waals surface area contributed by atoms with Gasteiger partial charge in [-0.2, -0.15) is 4.57 Å². The Morgan fingerprint density at radius 1 is 0.955 bits per heavy atom. The summed E-state index contributed by atoms with van der Waals surface area (Å²) in [6.45, 7) is 0. The molecule has 0 aliphatic heterocycles. The smallest absolute Gasteiger partial charge is 0.212 e. The summed E-state index contributed by atoms with van der Waals surface area (Å²) in [6.07, 6.45) is 3.88. The van der Waals surface area contributed by atoms with Gasteiger partial charge in [0, 0.05) is 29.2 Å². The van der Waals surface area contributed by atoms with E-state index in [0.717, 1.165) is 11.3 Å². The van der Waals surface area contributed by atoms with E-state index in [1.54, 1.807) is 13.2 Å². The quantitative estimate of drug-likeness (QED) is 0.749. The highest BCUT2D eigenvalue weighted by molar-refractivity contribution is 5.78. The first kappa shape index (κ1) is 14.1. The molecule has 0 bridgehead atoms. The Hall–Kier alpha value is -2.81. The van der Waals surface area contributed by atoms with E-state index in [0.29, 0.717) is 5.75 Å². The highest BCUT2D eigenvalue weighted by atomic mass is 16.5. The summed E-state index contributed by atoms with van der Waals surface area (Å²) in [6, 6.07) is 17.9. The first-order valence-electron chi connectivity index (χ1n) is 7.12. The molecule has 0 unspecified atom stereocenters. The minimum atomic E-state index is 0.157. The van der Waals surface area contributed by atoms with E-state index in [9.17, 15) is 5.11 Å². The molecule has 0 aliphatic rings. The zero-order valence-electron chi connectivity index (χ0n) is 12.7. The fraction of sp³-hybridized carbons (Fsp3) is 0.105. The number of rotatable bonds is 3. The maximum absolute atomic E-state index is 10.1. The van der Waals surface area contributed by atoms with E-state index >= 15 is 0 Å². The van der Waals surface area contributed by atoms with Crippen molar-refractivity contribution < 1.29 is 14.4 Å². The molecular formula is C19H18NO2+. The SMILES string of the molecule is COc1cccc(C=Cc2ccc3ccccc3[n+]2C)c1O. The lowest BCUT2D eigenvalue weighted by Crippen LogP contribution is -2.32. The van der Waals surface area contributed by atoms with Gasteiger partial charge in [-0.15, -0.1) is 0 Å². The highest BCUT2D eigenvalue weighted by Gasteiger charge is 2.09. The fourth-order valence-electron chi connectivity index (χ4n) is 2.54. The molecular weight excluding hydrogens is 274 g/mol. The number of fused-ring (bicyclic) bond motifs is 1. The highest BCUT2D eigenvalue weighted by Crippen LogP contribution is 2.30. The van der Waals surface area contributed by atoms with Crippen LogP contribution in [0.15, 0.2) is 54.6 Å². The monoisotopic (exact) mass is 292 g/mol. The second-order valence-corrected chi connectivity index (χ2v) is 5.11. The molecule has 0 amide bonds. The standard InChI is InChI=1S/C19H17NO2/c1-20-16(12-10-14-6-3-4-8-17(14)20)13-11-15-7-5-9-18(22-2)19(15)21/h3-13H,1-2H3/p+1. The molecule has 0 radical (unpaired) electrons. The first-order chi connectivity index (χ1) is 10.7. The third-order valence-corrected chi connectivity index (χ3v) is 3.80. The molecule has 0 saturated carbocycles. The normalized spacial score (nSPS) is 11.2. The Morgan fingerprint density at radius 2 is 1.77 bits per heavy atom. The predicted octanol–water partition coefficient (Wildman–Crippen LogP) is 3.55. The molecule has 110 valence electrons. The van der Waals surface area contributed by atoms with E-state index < -0.39 is 0 Å². The maximum atomic E-state index is 10.1. The Bertz CT molecular complexity index is 853. The number of methoxy groups -OCH3 is 1. The van der Waals surface area contributed by atoms with Gasteiger partial charge < -0.3 is 9.84 Å². The molecule has 1 aromatic heterocycles. The zero-order chi connectivity index (χ0) is 15.5. The van der Waals surface area contributed by atoms with Crippen LogP contribution in [0.1, 0.15) is 11.3 Å². The molecule has 3 nitrogen and oxygen atoms in total. The number of nitrogens with zero attached hydrogens (tertiary/aromatic N) is 1. The zero-order valence-corrected chi connectivity index (χ0v) is 12.7. The van der Waals surface area contributed by atoms with E-state index in [4.69, 9.17) is 4.74 Å². The van der Waals surface area contributed by atoms with Gasteiger partial charge in [0.1, 0.15) is 7.05 Å². The number of aromatic nitrogens is 1. The lowest BCUT2D eigenvalue weighted by molar-refractivity contribution is -0.646. The van der Waals surface area contributed by atoms with Crippen LogP contribution >= 0.6 is 0 Å². The number of phenols is 1. The topological polar surface area (TPSA) is 33.3 Å². The molecule has 1 heterocycles. The van der Waals surface area contributed by atoms with Crippen molar-refractivity contribution in [1.29, 1.82) is 0 Å². The van der Waals surface area contributed by atoms with Gasteiger partial charge in [0.15, 0.2) is 11.5 Å². The van der Waals surface area contributed by atoms with E-state index in [2.05, 4.69) is 28.8 Å². The van der Waals surface area contributed by atoms with Crippen LogP contribution in [0.3, 0.4) is 0 Å². The van der Waals surface area contributed by atoms with Crippen molar-refractivity contribution >= 4 is 23.1 Å².